The molecule has 1 atom stereocenters. The highest BCUT2D eigenvalue weighted by atomic mass is 35.5. The second-order valence-corrected chi connectivity index (χ2v) is 5.56. The number of ether oxygens (including phenoxy) is 1. The molecule has 1 unspecified atom stereocenters. The predicted octanol–water partition coefficient (Wildman–Crippen LogP) is 2.95. The van der Waals surface area contributed by atoms with Crippen LogP contribution in [0.4, 0.5) is 11.4 Å². The van der Waals surface area contributed by atoms with Gasteiger partial charge in [0.05, 0.1) is 18.0 Å². The van der Waals surface area contributed by atoms with E-state index < -0.39 is 4.92 Å². The quantitative estimate of drug-likeness (QED) is 0.487. The predicted molar refractivity (Wildman–Crippen MR) is 79.8 cm³/mol. The fourth-order valence-corrected chi connectivity index (χ4v) is 2.92. The summed E-state index contributed by atoms with van der Waals surface area (Å²) in [6.07, 6.45) is 1.66. The number of rotatable bonds is 3. The molecule has 7 heteroatoms. The number of carbonyl (C=O) groups excluding carboxylic acids is 1. The molecule has 6 nitrogen and oxygen atoms in total. The Morgan fingerprint density at radius 1 is 1.52 bits per heavy atom. The maximum Gasteiger partial charge on any atom is 0.310 e. The first-order valence-electron chi connectivity index (χ1n) is 6.71. The Balaban J connectivity index is 2.27. The van der Waals surface area contributed by atoms with Crippen molar-refractivity contribution in [3.63, 3.8) is 0 Å². The molecular weight excluding hydrogens is 296 g/mol. The van der Waals surface area contributed by atoms with Crippen molar-refractivity contribution < 1.29 is 14.5 Å². The summed E-state index contributed by atoms with van der Waals surface area (Å²) >= 11 is 5.98. The van der Waals surface area contributed by atoms with Crippen molar-refractivity contribution in [3.8, 4) is 0 Å². The van der Waals surface area contributed by atoms with Gasteiger partial charge >= 0.3 is 5.97 Å². The van der Waals surface area contributed by atoms with Crippen molar-refractivity contribution in [2.45, 2.75) is 19.8 Å². The van der Waals surface area contributed by atoms with E-state index in [1.54, 1.807) is 13.0 Å². The molecule has 0 aliphatic carbocycles. The molecule has 0 saturated carbocycles. The molecule has 0 radical (unpaired) electrons. The summed E-state index contributed by atoms with van der Waals surface area (Å²) in [5.74, 6) is -0.387. The van der Waals surface area contributed by atoms with Crippen LogP contribution in [0, 0.1) is 23.0 Å². The normalized spacial score (nSPS) is 18.4. The number of nitro groups is 1. The van der Waals surface area contributed by atoms with Crippen LogP contribution in [0.1, 0.15) is 18.4 Å². The van der Waals surface area contributed by atoms with Gasteiger partial charge in [-0.25, -0.2) is 0 Å². The van der Waals surface area contributed by atoms with Gasteiger partial charge in [-0.2, -0.15) is 0 Å². The van der Waals surface area contributed by atoms with Gasteiger partial charge in [0.25, 0.3) is 5.69 Å². The molecule has 1 aliphatic rings. The average molecular weight is 313 g/mol. The zero-order valence-electron chi connectivity index (χ0n) is 12.0. The summed E-state index contributed by atoms with van der Waals surface area (Å²) in [6, 6.07) is 3.08. The van der Waals surface area contributed by atoms with E-state index in [0.717, 1.165) is 30.6 Å². The van der Waals surface area contributed by atoms with Crippen molar-refractivity contribution in [1.82, 2.24) is 0 Å². The van der Waals surface area contributed by atoms with Crippen molar-refractivity contribution in [2.75, 3.05) is 25.1 Å². The number of hydrogen-bond acceptors (Lipinski definition) is 5. The lowest BCUT2D eigenvalue weighted by Crippen LogP contribution is -2.39. The lowest BCUT2D eigenvalue weighted by atomic mass is 9.97. The number of nitro benzene ring substituents is 1. The zero-order valence-corrected chi connectivity index (χ0v) is 12.7. The van der Waals surface area contributed by atoms with Gasteiger partial charge in [-0.05, 0) is 31.4 Å². The monoisotopic (exact) mass is 312 g/mol. The highest BCUT2D eigenvalue weighted by Crippen LogP contribution is 2.34. The van der Waals surface area contributed by atoms with Gasteiger partial charge in [0.15, 0.2) is 0 Å². The van der Waals surface area contributed by atoms with Gasteiger partial charge in [0, 0.05) is 24.8 Å². The van der Waals surface area contributed by atoms with Crippen LogP contribution < -0.4 is 4.90 Å². The number of hydrogen-bond donors (Lipinski definition) is 0. The minimum atomic E-state index is -0.493. The molecule has 1 aliphatic heterocycles. The molecule has 114 valence electrons. The summed E-state index contributed by atoms with van der Waals surface area (Å²) in [5.41, 5.74) is 1.51. The van der Waals surface area contributed by atoms with Gasteiger partial charge in [0.1, 0.15) is 5.02 Å². The Morgan fingerprint density at radius 3 is 2.86 bits per heavy atom. The molecule has 1 saturated heterocycles. The van der Waals surface area contributed by atoms with Crippen LogP contribution in [0.15, 0.2) is 12.1 Å². The van der Waals surface area contributed by atoms with Crippen LogP contribution in [0.2, 0.25) is 5.02 Å². The Bertz CT molecular complexity index is 576. The topological polar surface area (TPSA) is 72.7 Å². The van der Waals surface area contributed by atoms with Gasteiger partial charge in [-0.1, -0.05) is 11.6 Å². The molecule has 1 aromatic carbocycles. The molecule has 21 heavy (non-hydrogen) atoms. The molecule has 0 N–H and O–H groups in total. The number of halogens is 1. The summed E-state index contributed by atoms with van der Waals surface area (Å²) < 4.78 is 4.80. The fraction of sp³-hybridized carbons (Fsp3) is 0.500. The number of esters is 1. The second kappa shape index (κ2) is 6.30. The highest BCUT2D eigenvalue weighted by Gasteiger charge is 2.28. The smallest absolute Gasteiger partial charge is 0.310 e. The molecule has 0 spiro atoms. The van der Waals surface area contributed by atoms with Crippen LogP contribution in [0.5, 0.6) is 0 Å². The van der Waals surface area contributed by atoms with E-state index in [-0.39, 0.29) is 22.6 Å². The molecule has 1 heterocycles. The third-order valence-electron chi connectivity index (χ3n) is 3.76. The largest absolute Gasteiger partial charge is 0.469 e. The van der Waals surface area contributed by atoms with Gasteiger partial charge < -0.3 is 9.64 Å². The number of anilines is 1. The van der Waals surface area contributed by atoms with E-state index in [1.807, 2.05) is 4.90 Å². The van der Waals surface area contributed by atoms with Crippen LogP contribution in [-0.2, 0) is 9.53 Å². The fourth-order valence-electron chi connectivity index (χ4n) is 2.69. The van der Waals surface area contributed by atoms with Crippen molar-refractivity contribution >= 4 is 28.9 Å². The first kappa shape index (κ1) is 15.6. The number of piperidine rings is 1. The average Bonchev–Trinajstić information content (AvgIpc) is 2.48. The first-order valence-corrected chi connectivity index (χ1v) is 7.09. The second-order valence-electron chi connectivity index (χ2n) is 5.16. The van der Waals surface area contributed by atoms with Crippen LogP contribution in [0.25, 0.3) is 0 Å². The van der Waals surface area contributed by atoms with E-state index in [2.05, 4.69) is 0 Å². The Hall–Kier alpha value is -1.82. The van der Waals surface area contributed by atoms with Crippen LogP contribution in [0.3, 0.4) is 0 Å². The molecule has 0 aromatic heterocycles. The molecule has 1 aromatic rings. The Kier molecular flexibility index (Phi) is 4.67. The molecule has 1 fully saturated rings. The number of benzene rings is 1. The minimum absolute atomic E-state index is 0.0977. The van der Waals surface area contributed by atoms with Crippen molar-refractivity contribution in [1.29, 1.82) is 0 Å². The van der Waals surface area contributed by atoms with Crippen LogP contribution in [-0.4, -0.2) is 31.1 Å². The number of carbonyl (C=O) groups is 1. The first-order chi connectivity index (χ1) is 9.93. The molecular formula is C14H17ClN2O4. The van der Waals surface area contributed by atoms with Gasteiger partial charge in [0.2, 0.25) is 0 Å². The number of methoxy groups -OCH3 is 1. The lowest BCUT2D eigenvalue weighted by Gasteiger charge is -2.34. The van der Waals surface area contributed by atoms with E-state index >= 15 is 0 Å². The van der Waals surface area contributed by atoms with E-state index in [9.17, 15) is 14.9 Å². The lowest BCUT2D eigenvalue weighted by molar-refractivity contribution is -0.384. The maximum atomic E-state index is 11.7. The zero-order chi connectivity index (χ0) is 15.6. The maximum absolute atomic E-state index is 11.7. The third-order valence-corrected chi connectivity index (χ3v) is 4.06. The number of nitrogens with zero attached hydrogens (tertiary/aromatic N) is 2. The molecule has 0 bridgehead atoms. The van der Waals surface area contributed by atoms with E-state index in [4.69, 9.17) is 16.3 Å². The molecule has 0 amide bonds. The standard InChI is InChI=1S/C14H17ClN2O4/c1-9-6-13(17(19)20)11(15)7-12(9)16-5-3-4-10(8-16)14(18)21-2/h6-7,10H,3-5,8H2,1-2H3. The Labute approximate surface area is 127 Å². The summed E-state index contributed by atoms with van der Waals surface area (Å²) in [6.45, 7) is 3.14. The SMILES string of the molecule is COC(=O)C1CCCN(c2cc(Cl)c([N+](=O)[O-])cc2C)C1. The van der Waals surface area contributed by atoms with Crippen LogP contribution >= 0.6 is 11.6 Å². The van der Waals surface area contributed by atoms with Crippen molar-refractivity contribution in [3.05, 3.63) is 32.8 Å². The summed E-state index contributed by atoms with van der Waals surface area (Å²) in [4.78, 5) is 24.1. The van der Waals surface area contributed by atoms with Gasteiger partial charge in [-0.3, -0.25) is 14.9 Å². The third kappa shape index (κ3) is 3.26. The van der Waals surface area contributed by atoms with Crippen molar-refractivity contribution in [2.24, 2.45) is 5.92 Å². The highest BCUT2D eigenvalue weighted by molar-refractivity contribution is 6.33. The van der Waals surface area contributed by atoms with E-state index in [1.165, 1.54) is 13.2 Å². The summed E-state index contributed by atoms with van der Waals surface area (Å²) in [7, 11) is 1.38. The summed E-state index contributed by atoms with van der Waals surface area (Å²) in [5, 5.41) is 11.0. The molecule has 2 rings (SSSR count). The minimum Gasteiger partial charge on any atom is -0.469 e. The van der Waals surface area contributed by atoms with E-state index in [0.29, 0.717) is 6.54 Å². The Morgan fingerprint density at radius 2 is 2.24 bits per heavy atom. The number of aryl methyl sites for hydroxylation is 1. The van der Waals surface area contributed by atoms with Gasteiger partial charge in [-0.15, -0.1) is 0 Å².